The summed E-state index contributed by atoms with van der Waals surface area (Å²) in [5.41, 5.74) is 16.7. The Morgan fingerprint density at radius 2 is 0.592 bits per heavy atom. The highest BCUT2D eigenvalue weighted by Crippen LogP contribution is 2.58. The number of hydrogen-bond acceptors (Lipinski definition) is 3. The van der Waals surface area contributed by atoms with Gasteiger partial charge in [0.15, 0.2) is 0 Å². The van der Waals surface area contributed by atoms with Gasteiger partial charge in [0.05, 0.1) is 0 Å². The van der Waals surface area contributed by atoms with Gasteiger partial charge in [0.2, 0.25) is 0 Å². The largest absolute Gasteiger partial charge is 0.143 e. The van der Waals surface area contributed by atoms with E-state index in [1.54, 1.807) is 0 Å². The van der Waals surface area contributed by atoms with Crippen molar-refractivity contribution in [3.8, 4) is 33.4 Å². The van der Waals surface area contributed by atoms with E-state index < -0.39 is 0 Å². The molecular weight excluding hydrogens is 649 g/mol. The van der Waals surface area contributed by atoms with E-state index in [1.807, 2.05) is 34.0 Å². The van der Waals surface area contributed by atoms with Crippen molar-refractivity contribution in [1.29, 1.82) is 0 Å². The molecule has 0 aliphatic heterocycles. The van der Waals surface area contributed by atoms with Gasteiger partial charge in [-0.3, -0.25) is 0 Å². The number of rotatable bonds is 6. The molecule has 242 valence electrons. The minimum Gasteiger partial charge on any atom is -0.143 e. The molecule has 9 rings (SSSR count). The Balaban J connectivity index is 1.47. The molecule has 0 bridgehead atoms. The average Bonchev–Trinajstić information content (AvgIpc) is 3.88. The fraction of sp³-hybridized carbons (Fsp3) is 0.217. The Hall–Kier alpha value is -4.02. The van der Waals surface area contributed by atoms with Crippen LogP contribution in [0.2, 0.25) is 0 Å². The molecule has 6 aliphatic rings. The molecule has 0 aromatic carbocycles. The second-order valence-corrected chi connectivity index (χ2v) is 17.4. The maximum Gasteiger partial charge on any atom is 0.0424 e. The second kappa shape index (κ2) is 11.8. The Labute approximate surface area is 301 Å². The predicted octanol–water partition coefficient (Wildman–Crippen LogP) is 15.2. The number of hydrogen-bond donors (Lipinski definition) is 0. The van der Waals surface area contributed by atoms with Crippen LogP contribution in [0.3, 0.4) is 0 Å². The fourth-order valence-electron chi connectivity index (χ4n) is 8.23. The van der Waals surface area contributed by atoms with Crippen LogP contribution in [0.15, 0.2) is 107 Å². The third-order valence-electron chi connectivity index (χ3n) is 10.9. The van der Waals surface area contributed by atoms with Gasteiger partial charge in [0.1, 0.15) is 0 Å². The lowest BCUT2D eigenvalue weighted by Gasteiger charge is -2.22. The standard InChI is InChI=1S/C46H40S3/c1-25(2)28-7-13-31-34(16-10-28)44-37(19-22-47-44)40(31)43(41-32-14-8-29(26(3)4)11-17-35(32)45-38(41)20-23-48-45)42-33-15-9-30(27(5)6)12-18-36(33)46-39(42)21-24-49-46/h7-27,43H,1-6H3. The van der Waals surface area contributed by atoms with Crippen molar-refractivity contribution < 1.29 is 0 Å². The summed E-state index contributed by atoms with van der Waals surface area (Å²) in [6.45, 7) is 13.8. The minimum absolute atomic E-state index is 0.0403. The molecule has 0 radical (unpaired) electrons. The topological polar surface area (TPSA) is 0 Å². The molecular formula is C46H40S3. The quantitative estimate of drug-likeness (QED) is 0.163. The molecule has 6 aliphatic carbocycles. The summed E-state index contributed by atoms with van der Waals surface area (Å²) in [5.74, 6) is 1.44. The van der Waals surface area contributed by atoms with Crippen LogP contribution < -0.4 is 0 Å². The van der Waals surface area contributed by atoms with E-state index in [9.17, 15) is 0 Å². The van der Waals surface area contributed by atoms with Crippen LogP contribution >= 0.6 is 34.0 Å². The zero-order valence-corrected chi connectivity index (χ0v) is 31.4. The maximum atomic E-state index is 2.44. The second-order valence-electron chi connectivity index (χ2n) is 14.6. The van der Waals surface area contributed by atoms with Crippen molar-refractivity contribution in [3.05, 3.63) is 141 Å². The summed E-state index contributed by atoms with van der Waals surface area (Å²) in [4.78, 5) is 0. The molecule has 0 amide bonds. The molecule has 0 saturated heterocycles. The normalized spacial score (nSPS) is 12.6. The molecule has 3 aromatic rings. The minimum atomic E-state index is 0.0403. The third-order valence-corrected chi connectivity index (χ3v) is 13.7. The highest BCUT2D eigenvalue weighted by atomic mass is 32.1. The van der Waals surface area contributed by atoms with Crippen molar-refractivity contribution in [3.63, 3.8) is 0 Å². The van der Waals surface area contributed by atoms with Crippen LogP contribution in [0.4, 0.5) is 0 Å². The van der Waals surface area contributed by atoms with Gasteiger partial charge in [0, 0.05) is 20.0 Å². The lowest BCUT2D eigenvalue weighted by Crippen LogP contribution is -2.05. The summed E-state index contributed by atoms with van der Waals surface area (Å²) in [7, 11) is 0. The van der Waals surface area contributed by atoms with E-state index in [-0.39, 0.29) is 5.92 Å². The van der Waals surface area contributed by atoms with Crippen molar-refractivity contribution in [1.82, 2.24) is 0 Å². The first-order valence-corrected chi connectivity index (χ1v) is 20.2. The van der Waals surface area contributed by atoms with Crippen LogP contribution in [-0.2, 0) is 0 Å². The van der Waals surface area contributed by atoms with Crippen molar-refractivity contribution in [2.45, 2.75) is 65.2 Å². The predicted molar refractivity (Wildman–Crippen MR) is 219 cm³/mol. The fourth-order valence-corrected chi connectivity index (χ4v) is 11.1. The van der Waals surface area contributed by atoms with Crippen molar-refractivity contribution in [2.24, 2.45) is 0 Å². The molecule has 3 heteroatoms. The summed E-state index contributed by atoms with van der Waals surface area (Å²) in [6, 6.07) is 35.9. The van der Waals surface area contributed by atoms with E-state index in [4.69, 9.17) is 0 Å². The van der Waals surface area contributed by atoms with Crippen LogP contribution in [0.5, 0.6) is 0 Å². The number of fused-ring (bicyclic) bond motifs is 9. The molecule has 0 fully saturated rings. The van der Waals surface area contributed by atoms with Crippen LogP contribution in [0, 0.1) is 0 Å². The first-order chi connectivity index (χ1) is 23.8. The van der Waals surface area contributed by atoms with E-state index in [1.165, 1.54) is 97.0 Å². The number of thiophene rings is 3. The smallest absolute Gasteiger partial charge is 0.0424 e. The molecule has 0 nitrogen and oxygen atoms in total. The van der Waals surface area contributed by atoms with Crippen molar-refractivity contribution >= 4 is 64.3 Å². The summed E-state index contributed by atoms with van der Waals surface area (Å²) in [5, 5.41) is 11.1. The van der Waals surface area contributed by atoms with E-state index in [0.717, 1.165) is 0 Å². The lowest BCUT2D eigenvalue weighted by molar-refractivity contribution is 0.868. The summed E-state index contributed by atoms with van der Waals surface area (Å²) < 4.78 is 4.20. The molecule has 0 unspecified atom stereocenters. The summed E-state index contributed by atoms with van der Waals surface area (Å²) >= 11 is 5.66. The molecule has 0 saturated carbocycles. The van der Waals surface area contributed by atoms with Gasteiger partial charge >= 0.3 is 0 Å². The molecule has 3 aromatic heterocycles. The van der Waals surface area contributed by atoms with Gasteiger partial charge in [-0.15, -0.1) is 34.0 Å². The molecule has 49 heavy (non-hydrogen) atoms. The highest BCUT2D eigenvalue weighted by Gasteiger charge is 2.36. The molecule has 0 N–H and O–H groups in total. The zero-order chi connectivity index (χ0) is 33.6. The van der Waals surface area contributed by atoms with Crippen molar-refractivity contribution in [2.75, 3.05) is 0 Å². The average molecular weight is 689 g/mol. The molecule has 0 spiro atoms. The highest BCUT2D eigenvalue weighted by molar-refractivity contribution is 7.18. The monoisotopic (exact) mass is 688 g/mol. The van der Waals surface area contributed by atoms with E-state index in [2.05, 4.69) is 149 Å². The zero-order valence-electron chi connectivity index (χ0n) is 28.9. The first kappa shape index (κ1) is 31.0. The maximum absolute atomic E-state index is 2.44. The Morgan fingerprint density at radius 1 is 0.327 bits per heavy atom. The van der Waals surface area contributed by atoms with Gasteiger partial charge in [-0.25, -0.2) is 0 Å². The summed E-state index contributed by atoms with van der Waals surface area (Å²) in [6.07, 6.45) is 0. The van der Waals surface area contributed by atoms with E-state index in [0.29, 0.717) is 17.8 Å². The molecule has 3 heterocycles. The van der Waals surface area contributed by atoms with Gasteiger partial charge in [-0.05, 0) is 135 Å². The lowest BCUT2D eigenvalue weighted by atomic mass is 9.80. The molecule has 0 atom stereocenters. The van der Waals surface area contributed by atoms with Crippen LogP contribution in [-0.4, -0.2) is 0 Å². The van der Waals surface area contributed by atoms with Gasteiger partial charge < -0.3 is 0 Å². The van der Waals surface area contributed by atoms with Gasteiger partial charge in [-0.2, -0.15) is 0 Å². The Bertz CT molecular complexity index is 2260. The Kier molecular flexibility index (Phi) is 7.46. The van der Waals surface area contributed by atoms with E-state index >= 15 is 0 Å². The first-order valence-electron chi connectivity index (χ1n) is 17.6. The Morgan fingerprint density at radius 3 is 0.857 bits per heavy atom. The van der Waals surface area contributed by atoms with Crippen LogP contribution in [0.1, 0.15) is 98.6 Å². The third kappa shape index (κ3) is 4.73. The van der Waals surface area contributed by atoms with Gasteiger partial charge in [0.25, 0.3) is 0 Å². The van der Waals surface area contributed by atoms with Crippen LogP contribution in [0.25, 0.3) is 63.6 Å². The van der Waals surface area contributed by atoms with Gasteiger partial charge in [-0.1, -0.05) is 114 Å². The SMILES string of the molecule is CC(C)c1ccc2c(C(c3c4ccc(C(C)C)ccc-4c4sccc34)c3c4ccc(C(C)C)ccc-4c4sccc34)c3ccsc3c-2cc1.